The van der Waals surface area contributed by atoms with Crippen molar-refractivity contribution >= 4 is 11.6 Å². The fourth-order valence-electron chi connectivity index (χ4n) is 2.39. The molecule has 1 aromatic carbocycles. The zero-order valence-electron chi connectivity index (χ0n) is 9.70. The minimum Gasteiger partial charge on any atom is -0.312 e. The fraction of sp³-hybridized carbons (Fsp3) is 0.308. The van der Waals surface area contributed by atoms with E-state index in [1.54, 1.807) is 0 Å². The van der Waals surface area contributed by atoms with Crippen LogP contribution in [0.5, 0.6) is 0 Å². The smallest absolute Gasteiger partial charge is 0.0971 e. The normalized spacial score (nSPS) is 14.7. The third kappa shape index (κ3) is 1.85. The molecule has 0 unspecified atom stereocenters. The summed E-state index contributed by atoms with van der Waals surface area (Å²) in [6, 6.07) is 7.88. The summed E-state index contributed by atoms with van der Waals surface area (Å²) in [7, 11) is 2.01. The van der Waals surface area contributed by atoms with Gasteiger partial charge in [-0.15, -0.1) is 0 Å². The van der Waals surface area contributed by atoms with Gasteiger partial charge in [0.15, 0.2) is 0 Å². The second kappa shape index (κ2) is 4.17. The van der Waals surface area contributed by atoms with E-state index in [4.69, 9.17) is 11.6 Å². The summed E-state index contributed by atoms with van der Waals surface area (Å²) in [5, 5.41) is 8.77. The van der Waals surface area contributed by atoms with Crippen LogP contribution in [0.3, 0.4) is 0 Å². The molecule has 3 nitrogen and oxygen atoms in total. The highest BCUT2D eigenvalue weighted by Crippen LogP contribution is 2.28. The van der Waals surface area contributed by atoms with Crippen molar-refractivity contribution in [3.63, 3.8) is 0 Å². The van der Waals surface area contributed by atoms with Crippen molar-refractivity contribution < 1.29 is 0 Å². The standard InChI is InChI=1S/C13H14ClN3/c1-17-12-5-6-15-8-11(12)13(16-17)9-3-2-4-10(14)7-9/h2-4,7,15H,5-6,8H2,1H3. The fourth-order valence-corrected chi connectivity index (χ4v) is 2.58. The van der Waals surface area contributed by atoms with E-state index in [1.165, 1.54) is 11.3 Å². The van der Waals surface area contributed by atoms with Gasteiger partial charge in [-0.2, -0.15) is 5.10 Å². The largest absolute Gasteiger partial charge is 0.312 e. The number of hydrogen-bond donors (Lipinski definition) is 1. The van der Waals surface area contributed by atoms with Gasteiger partial charge in [-0.25, -0.2) is 0 Å². The van der Waals surface area contributed by atoms with E-state index in [9.17, 15) is 0 Å². The molecular formula is C13H14ClN3. The first-order valence-corrected chi connectivity index (χ1v) is 6.15. The minimum absolute atomic E-state index is 0.755. The van der Waals surface area contributed by atoms with Crippen LogP contribution >= 0.6 is 11.6 Å². The molecular weight excluding hydrogens is 234 g/mol. The number of nitrogens with one attached hydrogen (secondary N) is 1. The third-order valence-corrected chi connectivity index (χ3v) is 3.45. The first-order chi connectivity index (χ1) is 8.25. The Morgan fingerprint density at radius 1 is 1.41 bits per heavy atom. The molecule has 88 valence electrons. The van der Waals surface area contributed by atoms with Crippen LogP contribution in [0.1, 0.15) is 11.3 Å². The van der Waals surface area contributed by atoms with Crippen molar-refractivity contribution in [1.29, 1.82) is 0 Å². The second-order valence-corrected chi connectivity index (χ2v) is 4.77. The summed E-state index contributed by atoms with van der Waals surface area (Å²) in [6.07, 6.45) is 1.04. The summed E-state index contributed by atoms with van der Waals surface area (Å²) >= 11 is 6.03. The highest BCUT2D eigenvalue weighted by Gasteiger charge is 2.19. The van der Waals surface area contributed by atoms with Crippen molar-refractivity contribution in [1.82, 2.24) is 15.1 Å². The molecule has 2 aromatic rings. The zero-order valence-corrected chi connectivity index (χ0v) is 10.5. The maximum atomic E-state index is 6.03. The van der Waals surface area contributed by atoms with E-state index < -0.39 is 0 Å². The van der Waals surface area contributed by atoms with Gasteiger partial charge in [0.1, 0.15) is 0 Å². The molecule has 0 bridgehead atoms. The molecule has 0 spiro atoms. The van der Waals surface area contributed by atoms with Crippen LogP contribution in [0.4, 0.5) is 0 Å². The number of fused-ring (bicyclic) bond motifs is 1. The van der Waals surface area contributed by atoms with Crippen LogP contribution in [0.2, 0.25) is 5.02 Å². The molecule has 0 amide bonds. The Labute approximate surface area is 105 Å². The maximum Gasteiger partial charge on any atom is 0.0971 e. The molecule has 3 rings (SSSR count). The van der Waals surface area contributed by atoms with E-state index >= 15 is 0 Å². The van der Waals surface area contributed by atoms with Gasteiger partial charge >= 0.3 is 0 Å². The van der Waals surface area contributed by atoms with Crippen molar-refractivity contribution in [2.45, 2.75) is 13.0 Å². The summed E-state index contributed by atoms with van der Waals surface area (Å²) in [5.74, 6) is 0. The summed E-state index contributed by atoms with van der Waals surface area (Å²) in [6.45, 7) is 1.92. The first-order valence-electron chi connectivity index (χ1n) is 5.77. The molecule has 2 heterocycles. The number of benzene rings is 1. The Balaban J connectivity index is 2.15. The highest BCUT2D eigenvalue weighted by atomic mass is 35.5. The molecule has 4 heteroatoms. The number of halogens is 1. The van der Waals surface area contributed by atoms with Crippen LogP contribution < -0.4 is 5.32 Å². The van der Waals surface area contributed by atoms with Gasteiger partial charge in [-0.3, -0.25) is 4.68 Å². The van der Waals surface area contributed by atoms with Crippen LogP contribution in [-0.2, 0) is 20.0 Å². The summed E-state index contributed by atoms with van der Waals surface area (Å²) < 4.78 is 1.99. The van der Waals surface area contributed by atoms with Gasteiger partial charge in [0, 0.05) is 48.4 Å². The van der Waals surface area contributed by atoms with E-state index in [1.807, 2.05) is 29.9 Å². The van der Waals surface area contributed by atoms with E-state index in [0.717, 1.165) is 35.8 Å². The van der Waals surface area contributed by atoms with Crippen LogP contribution in [-0.4, -0.2) is 16.3 Å². The predicted molar refractivity (Wildman–Crippen MR) is 69.1 cm³/mol. The number of aromatic nitrogens is 2. The molecule has 17 heavy (non-hydrogen) atoms. The number of nitrogens with zero attached hydrogens (tertiary/aromatic N) is 2. The third-order valence-electron chi connectivity index (χ3n) is 3.21. The van der Waals surface area contributed by atoms with Crippen molar-refractivity contribution in [3.05, 3.63) is 40.5 Å². The van der Waals surface area contributed by atoms with Crippen LogP contribution in [0.15, 0.2) is 24.3 Å². The first kappa shape index (κ1) is 10.8. The van der Waals surface area contributed by atoms with Crippen LogP contribution in [0, 0.1) is 0 Å². The average molecular weight is 248 g/mol. The van der Waals surface area contributed by atoms with E-state index in [0.29, 0.717) is 0 Å². The molecule has 0 saturated carbocycles. The van der Waals surface area contributed by atoms with Crippen molar-refractivity contribution in [2.24, 2.45) is 7.05 Å². The molecule has 0 saturated heterocycles. The predicted octanol–water partition coefficient (Wildman–Crippen LogP) is 2.39. The Bertz CT molecular complexity index is 560. The average Bonchev–Trinajstić information content (AvgIpc) is 2.68. The molecule has 0 atom stereocenters. The highest BCUT2D eigenvalue weighted by molar-refractivity contribution is 6.30. The van der Waals surface area contributed by atoms with Crippen molar-refractivity contribution in [2.75, 3.05) is 6.54 Å². The number of hydrogen-bond acceptors (Lipinski definition) is 2. The lowest BCUT2D eigenvalue weighted by Crippen LogP contribution is -2.24. The quantitative estimate of drug-likeness (QED) is 0.839. The lowest BCUT2D eigenvalue weighted by atomic mass is 10.0. The summed E-state index contributed by atoms with van der Waals surface area (Å²) in [5.41, 5.74) is 4.79. The Hall–Kier alpha value is -1.32. The lowest BCUT2D eigenvalue weighted by molar-refractivity contribution is 0.604. The van der Waals surface area contributed by atoms with Gasteiger partial charge < -0.3 is 5.32 Å². The summed E-state index contributed by atoms with van der Waals surface area (Å²) in [4.78, 5) is 0. The lowest BCUT2D eigenvalue weighted by Gasteiger charge is -2.14. The molecule has 0 aliphatic carbocycles. The number of aryl methyl sites for hydroxylation is 1. The van der Waals surface area contributed by atoms with Gasteiger partial charge in [0.25, 0.3) is 0 Å². The molecule has 1 aliphatic heterocycles. The second-order valence-electron chi connectivity index (χ2n) is 4.33. The Morgan fingerprint density at radius 2 is 2.29 bits per heavy atom. The van der Waals surface area contributed by atoms with Crippen LogP contribution in [0.25, 0.3) is 11.3 Å². The number of rotatable bonds is 1. The Morgan fingerprint density at radius 3 is 3.12 bits per heavy atom. The molecule has 0 fully saturated rings. The van der Waals surface area contributed by atoms with Gasteiger partial charge in [-0.05, 0) is 12.1 Å². The van der Waals surface area contributed by atoms with E-state index in [-0.39, 0.29) is 0 Å². The topological polar surface area (TPSA) is 29.9 Å². The SMILES string of the molecule is Cn1nc(-c2cccc(Cl)c2)c2c1CCNC2. The van der Waals surface area contributed by atoms with E-state index in [2.05, 4.69) is 16.5 Å². The molecule has 1 aromatic heterocycles. The van der Waals surface area contributed by atoms with Gasteiger partial charge in [0.05, 0.1) is 5.69 Å². The molecule has 1 N–H and O–H groups in total. The molecule has 0 radical (unpaired) electrons. The molecule has 1 aliphatic rings. The van der Waals surface area contributed by atoms with Crippen molar-refractivity contribution in [3.8, 4) is 11.3 Å². The van der Waals surface area contributed by atoms with Gasteiger partial charge in [0.2, 0.25) is 0 Å². The van der Waals surface area contributed by atoms with Gasteiger partial charge in [-0.1, -0.05) is 23.7 Å². The monoisotopic (exact) mass is 247 g/mol. The maximum absolute atomic E-state index is 6.03. The zero-order chi connectivity index (χ0) is 11.8. The minimum atomic E-state index is 0.755. The Kier molecular flexibility index (Phi) is 2.65.